The standard InChI is InChI=1S/C57H83N15O17S/c1-6-42(66-55(84)43(7-2)65-47(74)31-69-16-18-70(32-48(75)76)20-22-72(34-50(79)80)23-21-71(19-17-69)33-49(77)78)54(83)60-13-12-59-46(73)9-8-24-89-39-25-36(3)52(37(4)26-39)90(87,88)67-44(56(85)86)29-63-53(82)41-30-68(5)45-27-38(10-11-40(45)51(41)81)28-58-35-64-57-61-14-15-62-57/h10-11,14-15,25-27,30,42-44,58,67H,6-9,12-13,16-24,28-29,31-35H2,1-5H3,(H,59,73)(H,60,83)(H,63,82)(H,65,74)(H,66,84)(H,75,76)(H,77,78)(H,79,80)(H,85,86)(H2,61,62,64). The number of hydrogen-bond donors (Lipinski definition) is 13. The molecule has 13 N–H and O–H groups in total. The van der Waals surface area contributed by atoms with E-state index in [1.165, 1.54) is 32.2 Å². The smallest absolute Gasteiger partial charge is 0.323 e. The van der Waals surface area contributed by atoms with E-state index in [4.69, 9.17) is 4.74 Å². The van der Waals surface area contributed by atoms with Crippen molar-refractivity contribution in [3.63, 3.8) is 0 Å². The lowest BCUT2D eigenvalue weighted by atomic mass is 10.1. The molecule has 1 aliphatic heterocycles. The van der Waals surface area contributed by atoms with Gasteiger partial charge in [0.1, 0.15) is 29.4 Å². The molecular formula is C57H83N15O17S. The molecule has 1 fully saturated rings. The number of nitrogens with zero attached hydrogens (tertiary/aromatic N) is 6. The highest BCUT2D eigenvalue weighted by Crippen LogP contribution is 2.26. The number of pyridine rings is 1. The zero-order chi connectivity index (χ0) is 66.1. The molecule has 0 aliphatic carbocycles. The van der Waals surface area contributed by atoms with Crippen LogP contribution in [-0.2, 0) is 62.0 Å². The molecule has 0 radical (unpaired) electrons. The highest BCUT2D eigenvalue weighted by atomic mass is 32.2. The molecule has 3 unspecified atom stereocenters. The van der Waals surface area contributed by atoms with Gasteiger partial charge in [0.05, 0.1) is 49.9 Å². The number of aromatic nitrogens is 3. The average Bonchev–Trinajstić information content (AvgIpc) is 0.996. The van der Waals surface area contributed by atoms with Crippen molar-refractivity contribution in [2.75, 3.05) is 117 Å². The van der Waals surface area contributed by atoms with Crippen molar-refractivity contribution in [1.29, 1.82) is 0 Å². The minimum atomic E-state index is -4.52. The fraction of sp³-hybridized carbons (Fsp3) is 0.526. The molecule has 90 heavy (non-hydrogen) atoms. The van der Waals surface area contributed by atoms with E-state index in [9.17, 15) is 76.8 Å². The summed E-state index contributed by atoms with van der Waals surface area (Å²) in [6.45, 7) is 6.92. The maximum Gasteiger partial charge on any atom is 0.323 e. The van der Waals surface area contributed by atoms with Crippen LogP contribution < -0.4 is 52.1 Å². The number of ether oxygens (including phenoxy) is 1. The number of carboxylic acids is 4. The summed E-state index contributed by atoms with van der Waals surface area (Å²) in [7, 11) is -2.87. The normalized spacial score (nSPS) is 15.0. The Hall–Kier alpha value is -8.60. The number of fused-ring (bicyclic) bond motifs is 1. The van der Waals surface area contributed by atoms with Crippen molar-refractivity contribution in [3.8, 4) is 5.75 Å². The van der Waals surface area contributed by atoms with Gasteiger partial charge in [-0.05, 0) is 74.1 Å². The molecule has 494 valence electrons. The van der Waals surface area contributed by atoms with Crippen molar-refractivity contribution in [3.05, 3.63) is 81.4 Å². The lowest BCUT2D eigenvalue weighted by Crippen LogP contribution is -2.55. The van der Waals surface area contributed by atoms with Gasteiger partial charge >= 0.3 is 23.9 Å². The first kappa shape index (κ1) is 72.1. The second-order valence-electron chi connectivity index (χ2n) is 21.5. The molecule has 0 spiro atoms. The SMILES string of the molecule is CCC(NC(=O)CN1CCN(CC(=O)O)CCN(CC(=O)O)CCN(CC(=O)O)CC1)C(=O)NC(CC)C(=O)NCCNC(=O)CCCOc1cc(C)c(S(=O)(=O)NC(CNC(=O)c2cn(C)c3cc(CNCNc4ncc[nH]4)ccc3c2=O)C(=O)O)c(C)c1. The first-order valence-corrected chi connectivity index (χ1v) is 30.8. The van der Waals surface area contributed by atoms with Crippen LogP contribution >= 0.6 is 0 Å². The molecule has 0 saturated carbocycles. The number of carbonyl (C=O) groups is 9. The van der Waals surface area contributed by atoms with Gasteiger partial charge in [-0.2, -0.15) is 4.72 Å². The first-order chi connectivity index (χ1) is 42.8. The lowest BCUT2D eigenvalue weighted by Gasteiger charge is -2.33. The lowest BCUT2D eigenvalue weighted by molar-refractivity contribution is -0.140. The zero-order valence-electron chi connectivity index (χ0n) is 51.1. The Labute approximate surface area is 519 Å². The number of carboxylic acid groups (broad SMARTS) is 4. The maximum atomic E-state index is 13.7. The number of H-pyrrole nitrogens is 1. The monoisotopic (exact) mass is 1280 g/mol. The van der Waals surface area contributed by atoms with E-state index in [0.29, 0.717) is 24.7 Å². The van der Waals surface area contributed by atoms with E-state index in [-0.39, 0.29) is 163 Å². The van der Waals surface area contributed by atoms with Gasteiger partial charge < -0.3 is 66.6 Å². The van der Waals surface area contributed by atoms with Crippen molar-refractivity contribution in [2.24, 2.45) is 7.05 Å². The average molecular weight is 1280 g/mol. The fourth-order valence-electron chi connectivity index (χ4n) is 9.88. The Kier molecular flexibility index (Phi) is 28.5. The Morgan fingerprint density at radius 2 is 1.26 bits per heavy atom. The molecular weight excluding hydrogens is 1200 g/mol. The summed E-state index contributed by atoms with van der Waals surface area (Å²) in [5, 5.41) is 58.1. The van der Waals surface area contributed by atoms with E-state index >= 15 is 0 Å². The van der Waals surface area contributed by atoms with Gasteiger partial charge in [-0.25, -0.2) is 13.4 Å². The largest absolute Gasteiger partial charge is 0.494 e. The van der Waals surface area contributed by atoms with Crippen LogP contribution in [0.2, 0.25) is 0 Å². The summed E-state index contributed by atoms with van der Waals surface area (Å²) in [5.74, 6) is -6.97. The Balaban J connectivity index is 1.03. The Morgan fingerprint density at radius 1 is 0.700 bits per heavy atom. The van der Waals surface area contributed by atoms with Crippen LogP contribution in [0.3, 0.4) is 0 Å². The second kappa shape index (κ2) is 35.6. The summed E-state index contributed by atoms with van der Waals surface area (Å²) in [6, 6.07) is 4.13. The Morgan fingerprint density at radius 3 is 1.79 bits per heavy atom. The highest BCUT2D eigenvalue weighted by molar-refractivity contribution is 7.89. The van der Waals surface area contributed by atoms with Crippen molar-refractivity contribution in [1.82, 2.24) is 70.8 Å². The van der Waals surface area contributed by atoms with Gasteiger partial charge in [-0.15, -0.1) is 0 Å². The summed E-state index contributed by atoms with van der Waals surface area (Å²) in [6.07, 6.45) is 5.23. The molecule has 2 aromatic carbocycles. The predicted molar refractivity (Wildman–Crippen MR) is 327 cm³/mol. The van der Waals surface area contributed by atoms with Crippen LogP contribution in [0, 0.1) is 13.8 Å². The Bertz CT molecular complexity index is 3270. The highest BCUT2D eigenvalue weighted by Gasteiger charge is 2.31. The molecule has 1 saturated heterocycles. The van der Waals surface area contributed by atoms with E-state index in [1.54, 1.807) is 75.7 Å². The molecule has 32 nitrogen and oxygen atoms in total. The number of sulfonamides is 1. The van der Waals surface area contributed by atoms with Gasteiger partial charge in [0.25, 0.3) is 5.91 Å². The van der Waals surface area contributed by atoms with Crippen LogP contribution in [0.4, 0.5) is 5.95 Å². The topological polar surface area (TPSA) is 438 Å². The number of aryl methyl sites for hydroxylation is 3. The van der Waals surface area contributed by atoms with Gasteiger partial charge in [0, 0.05) is 116 Å². The minimum Gasteiger partial charge on any atom is -0.494 e. The van der Waals surface area contributed by atoms with Gasteiger partial charge in [0.2, 0.25) is 45.0 Å². The van der Waals surface area contributed by atoms with Crippen molar-refractivity contribution >= 4 is 80.3 Å². The van der Waals surface area contributed by atoms with Crippen LogP contribution in [0.15, 0.2) is 58.6 Å². The quantitative estimate of drug-likeness (QED) is 0.0175. The second-order valence-corrected chi connectivity index (χ2v) is 23.2. The van der Waals surface area contributed by atoms with Crippen LogP contribution in [0.1, 0.15) is 66.6 Å². The summed E-state index contributed by atoms with van der Waals surface area (Å²) >= 11 is 0. The molecule has 1 aliphatic rings. The summed E-state index contributed by atoms with van der Waals surface area (Å²) < 4.78 is 37.0. The van der Waals surface area contributed by atoms with Crippen LogP contribution in [-0.4, -0.2) is 246 Å². The number of nitrogens with one attached hydrogen (secondary N) is 9. The molecule has 4 aromatic rings. The number of amides is 5. The summed E-state index contributed by atoms with van der Waals surface area (Å²) in [5.41, 5.74) is 0.942. The fourth-order valence-corrected chi connectivity index (χ4v) is 11.5. The number of rotatable bonds is 34. The van der Waals surface area contributed by atoms with E-state index in [1.807, 2.05) is 0 Å². The molecule has 2 aromatic heterocycles. The maximum absolute atomic E-state index is 13.7. The number of benzene rings is 2. The third-order valence-corrected chi connectivity index (χ3v) is 16.3. The molecule has 0 bridgehead atoms. The third-order valence-electron chi connectivity index (χ3n) is 14.5. The molecule has 5 rings (SSSR count). The number of aromatic amines is 1. The predicted octanol–water partition coefficient (Wildman–Crippen LogP) is -2.14. The van der Waals surface area contributed by atoms with Crippen molar-refractivity contribution < 1.29 is 76.7 Å². The first-order valence-electron chi connectivity index (χ1n) is 29.3. The molecule has 3 atom stereocenters. The third kappa shape index (κ3) is 23.4. The number of imidazole rings is 1. The van der Waals surface area contributed by atoms with E-state index < -0.39 is 87.6 Å². The number of carbonyl (C=O) groups excluding carboxylic acids is 5. The molecule has 33 heteroatoms. The molecule has 5 amide bonds. The van der Waals surface area contributed by atoms with Gasteiger partial charge in [0.15, 0.2) is 0 Å². The summed E-state index contributed by atoms with van der Waals surface area (Å²) in [4.78, 5) is 140. The number of hydrogen-bond acceptors (Lipinski definition) is 20. The zero-order valence-corrected chi connectivity index (χ0v) is 51.9. The molecule has 3 heterocycles. The van der Waals surface area contributed by atoms with E-state index in [0.717, 1.165) is 5.56 Å². The van der Waals surface area contributed by atoms with Crippen LogP contribution in [0.25, 0.3) is 10.9 Å². The van der Waals surface area contributed by atoms with E-state index in [2.05, 4.69) is 51.9 Å². The van der Waals surface area contributed by atoms with Gasteiger partial charge in [-0.1, -0.05) is 19.9 Å². The minimum absolute atomic E-state index is 0.0103. The van der Waals surface area contributed by atoms with Crippen LogP contribution in [0.5, 0.6) is 5.75 Å². The van der Waals surface area contributed by atoms with Gasteiger partial charge in [-0.3, -0.25) is 72.9 Å². The number of aliphatic carboxylic acids is 4. The van der Waals surface area contributed by atoms with Crippen molar-refractivity contribution in [2.45, 2.75) is 82.9 Å². The number of anilines is 1.